The molecule has 2 heterocycles. The molecular formula is C21H25F3N4O2. The Balaban J connectivity index is 1.68. The maximum absolute atomic E-state index is 12.9. The van der Waals surface area contributed by atoms with Crippen LogP contribution in [0.1, 0.15) is 35.7 Å². The van der Waals surface area contributed by atoms with E-state index in [2.05, 4.69) is 15.3 Å². The summed E-state index contributed by atoms with van der Waals surface area (Å²) < 4.78 is 39.7. The van der Waals surface area contributed by atoms with E-state index in [-0.39, 0.29) is 30.0 Å². The van der Waals surface area contributed by atoms with Gasteiger partial charge in [0.2, 0.25) is 5.91 Å². The van der Waals surface area contributed by atoms with Crippen molar-refractivity contribution in [2.75, 3.05) is 20.1 Å². The van der Waals surface area contributed by atoms with Crippen molar-refractivity contribution < 1.29 is 18.0 Å². The molecule has 1 aliphatic heterocycles. The maximum atomic E-state index is 12.9. The Labute approximate surface area is 172 Å². The highest BCUT2D eigenvalue weighted by molar-refractivity contribution is 5.75. The third kappa shape index (κ3) is 5.27. The smallest absolute Gasteiger partial charge is 0.354 e. The summed E-state index contributed by atoms with van der Waals surface area (Å²) in [6.07, 6.45) is -2.59. The molecule has 1 aliphatic rings. The van der Waals surface area contributed by atoms with E-state index < -0.39 is 11.7 Å². The Hall–Kier alpha value is -2.68. The number of benzene rings is 1. The van der Waals surface area contributed by atoms with Gasteiger partial charge in [-0.15, -0.1) is 0 Å². The van der Waals surface area contributed by atoms with Crippen LogP contribution < -0.4 is 10.9 Å². The first kappa shape index (κ1) is 22.0. The molecule has 0 radical (unpaired) electrons. The summed E-state index contributed by atoms with van der Waals surface area (Å²) in [5, 5.41) is 6.91. The van der Waals surface area contributed by atoms with Crippen LogP contribution in [0.2, 0.25) is 0 Å². The van der Waals surface area contributed by atoms with E-state index in [1.165, 1.54) is 18.2 Å². The lowest BCUT2D eigenvalue weighted by Crippen LogP contribution is -2.43. The van der Waals surface area contributed by atoms with Crippen molar-refractivity contribution in [3.63, 3.8) is 0 Å². The van der Waals surface area contributed by atoms with E-state index in [1.54, 1.807) is 13.0 Å². The lowest BCUT2D eigenvalue weighted by Gasteiger charge is -2.39. The van der Waals surface area contributed by atoms with Gasteiger partial charge in [0.05, 0.1) is 11.3 Å². The van der Waals surface area contributed by atoms with Crippen molar-refractivity contribution in [2.24, 2.45) is 5.92 Å². The fourth-order valence-electron chi connectivity index (χ4n) is 3.97. The highest BCUT2D eigenvalue weighted by atomic mass is 19.4. The van der Waals surface area contributed by atoms with Crippen LogP contribution >= 0.6 is 0 Å². The van der Waals surface area contributed by atoms with Crippen LogP contribution in [0.5, 0.6) is 0 Å². The van der Waals surface area contributed by atoms with Crippen molar-refractivity contribution in [3.8, 4) is 0 Å². The number of hydrogen-bond donors (Lipinski definition) is 1. The van der Waals surface area contributed by atoms with Crippen LogP contribution in [-0.2, 0) is 17.5 Å². The van der Waals surface area contributed by atoms with Crippen molar-refractivity contribution in [2.45, 2.75) is 38.5 Å². The number of hydrogen-bond acceptors (Lipinski definition) is 4. The van der Waals surface area contributed by atoms with Crippen LogP contribution in [0, 0.1) is 12.8 Å². The van der Waals surface area contributed by atoms with Crippen LogP contribution in [0.3, 0.4) is 0 Å². The minimum Gasteiger partial charge on any atom is -0.354 e. The van der Waals surface area contributed by atoms with Gasteiger partial charge in [-0.25, -0.2) is 4.68 Å². The minimum absolute atomic E-state index is 0.0478. The topological polar surface area (TPSA) is 67.2 Å². The molecule has 1 N–H and O–H groups in total. The summed E-state index contributed by atoms with van der Waals surface area (Å²) in [6.45, 7) is 2.77. The monoisotopic (exact) mass is 422 g/mol. The largest absolute Gasteiger partial charge is 0.416 e. The number of rotatable bonds is 5. The second-order valence-corrected chi connectivity index (χ2v) is 7.72. The molecule has 162 valence electrons. The molecule has 2 atom stereocenters. The van der Waals surface area contributed by atoms with Gasteiger partial charge < -0.3 is 5.32 Å². The van der Waals surface area contributed by atoms with Gasteiger partial charge in [-0.05, 0) is 63.0 Å². The van der Waals surface area contributed by atoms with Gasteiger partial charge in [0, 0.05) is 18.7 Å². The SMILES string of the molecule is Cc1ccc(=O)n(CC(=O)NCC2CCCN(C)C2c2ccc(C(F)(F)F)cc2)n1. The van der Waals surface area contributed by atoms with Crippen LogP contribution in [-0.4, -0.2) is 40.7 Å². The van der Waals surface area contributed by atoms with Gasteiger partial charge in [0.1, 0.15) is 6.54 Å². The molecule has 1 saturated heterocycles. The molecule has 0 bridgehead atoms. The summed E-state index contributed by atoms with van der Waals surface area (Å²) >= 11 is 0. The zero-order valence-corrected chi connectivity index (χ0v) is 16.9. The van der Waals surface area contributed by atoms with E-state index in [0.29, 0.717) is 12.2 Å². The molecule has 0 saturated carbocycles. The molecule has 3 rings (SSSR count). The van der Waals surface area contributed by atoms with Crippen molar-refractivity contribution in [1.29, 1.82) is 0 Å². The normalized spacial score (nSPS) is 20.2. The van der Waals surface area contributed by atoms with E-state index in [0.717, 1.165) is 41.8 Å². The number of halogens is 3. The number of amides is 1. The number of likely N-dealkylation sites (tertiary alicyclic amines) is 1. The minimum atomic E-state index is -4.37. The van der Waals surface area contributed by atoms with Gasteiger partial charge in [0.15, 0.2) is 0 Å². The maximum Gasteiger partial charge on any atom is 0.416 e. The third-order valence-electron chi connectivity index (χ3n) is 5.44. The second-order valence-electron chi connectivity index (χ2n) is 7.72. The lowest BCUT2D eigenvalue weighted by atomic mass is 9.84. The quantitative estimate of drug-likeness (QED) is 0.805. The fraction of sp³-hybridized carbons (Fsp3) is 0.476. The van der Waals surface area contributed by atoms with E-state index in [1.807, 2.05) is 7.05 Å². The Kier molecular flexibility index (Phi) is 6.60. The number of alkyl halides is 3. The highest BCUT2D eigenvalue weighted by Crippen LogP contribution is 2.36. The molecule has 1 aromatic carbocycles. The summed E-state index contributed by atoms with van der Waals surface area (Å²) in [5.41, 5.74) is 0.404. The lowest BCUT2D eigenvalue weighted by molar-refractivity contribution is -0.137. The van der Waals surface area contributed by atoms with E-state index in [9.17, 15) is 22.8 Å². The average molecular weight is 422 g/mol. The van der Waals surface area contributed by atoms with Crippen molar-refractivity contribution in [3.05, 3.63) is 63.6 Å². The molecule has 1 amide bonds. The van der Waals surface area contributed by atoms with E-state index >= 15 is 0 Å². The zero-order valence-electron chi connectivity index (χ0n) is 16.9. The number of nitrogens with zero attached hydrogens (tertiary/aromatic N) is 3. The first-order valence-electron chi connectivity index (χ1n) is 9.84. The van der Waals surface area contributed by atoms with Gasteiger partial charge >= 0.3 is 6.18 Å². The summed E-state index contributed by atoms with van der Waals surface area (Å²) in [4.78, 5) is 26.3. The van der Waals surface area contributed by atoms with Gasteiger partial charge in [-0.3, -0.25) is 14.5 Å². The fourth-order valence-corrected chi connectivity index (χ4v) is 3.97. The number of carbonyl (C=O) groups is 1. The summed E-state index contributed by atoms with van der Waals surface area (Å²) in [5.74, 6) is -0.277. The van der Waals surface area contributed by atoms with Crippen LogP contribution in [0.4, 0.5) is 13.2 Å². The third-order valence-corrected chi connectivity index (χ3v) is 5.44. The number of nitrogens with one attached hydrogen (secondary N) is 1. The first-order chi connectivity index (χ1) is 14.1. The molecule has 6 nitrogen and oxygen atoms in total. The molecule has 2 unspecified atom stereocenters. The molecule has 2 aromatic rings. The molecule has 30 heavy (non-hydrogen) atoms. The first-order valence-corrected chi connectivity index (χ1v) is 9.84. The number of carbonyl (C=O) groups excluding carboxylic acids is 1. The van der Waals surface area contributed by atoms with Crippen molar-refractivity contribution >= 4 is 5.91 Å². The predicted octanol–water partition coefficient (Wildman–Crippen LogP) is 2.77. The standard InChI is InChI=1S/C21H25F3N4O2/c1-14-5-10-19(30)28(26-14)13-18(29)25-12-16-4-3-11-27(2)20(16)15-6-8-17(9-7-15)21(22,23)24/h5-10,16,20H,3-4,11-13H2,1-2H3,(H,25,29). The van der Waals surface area contributed by atoms with Crippen LogP contribution in [0.15, 0.2) is 41.2 Å². The second kappa shape index (κ2) is 8.99. The van der Waals surface area contributed by atoms with E-state index in [4.69, 9.17) is 0 Å². The van der Waals surface area contributed by atoms with Gasteiger partial charge in [-0.1, -0.05) is 12.1 Å². The number of aromatic nitrogens is 2. The van der Waals surface area contributed by atoms with Crippen molar-refractivity contribution in [1.82, 2.24) is 20.0 Å². The Morgan fingerprint density at radius 2 is 1.90 bits per heavy atom. The Bertz CT molecular complexity index is 941. The highest BCUT2D eigenvalue weighted by Gasteiger charge is 2.33. The summed E-state index contributed by atoms with van der Waals surface area (Å²) in [6, 6.07) is 8.09. The Morgan fingerprint density at radius 3 is 2.57 bits per heavy atom. The predicted molar refractivity (Wildman–Crippen MR) is 106 cm³/mol. The zero-order chi connectivity index (χ0) is 21.9. The van der Waals surface area contributed by atoms with Gasteiger partial charge in [0.25, 0.3) is 5.56 Å². The molecule has 1 fully saturated rings. The molecular weight excluding hydrogens is 397 g/mol. The van der Waals surface area contributed by atoms with Crippen LogP contribution in [0.25, 0.3) is 0 Å². The summed E-state index contributed by atoms with van der Waals surface area (Å²) in [7, 11) is 1.94. The molecule has 0 aliphatic carbocycles. The average Bonchev–Trinajstić information content (AvgIpc) is 2.69. The molecule has 0 spiro atoms. The number of aryl methyl sites for hydroxylation is 1. The number of piperidine rings is 1. The Morgan fingerprint density at radius 1 is 1.20 bits per heavy atom. The van der Waals surface area contributed by atoms with Gasteiger partial charge in [-0.2, -0.15) is 18.3 Å². The molecule has 1 aromatic heterocycles. The molecule has 9 heteroatoms.